The van der Waals surface area contributed by atoms with Gasteiger partial charge in [-0.3, -0.25) is 9.59 Å². The third kappa shape index (κ3) is 3.09. The molecule has 3 aliphatic carbocycles. The molecule has 0 aromatic carbocycles. The Morgan fingerprint density at radius 1 is 1.19 bits per heavy atom. The number of rotatable bonds is 4. The monoisotopic (exact) mass is 440 g/mol. The van der Waals surface area contributed by atoms with Gasteiger partial charge in [-0.2, -0.15) is 0 Å². The molecule has 0 unspecified atom stereocenters. The number of carbonyl (C=O) groups excluding carboxylic acids is 2. The van der Waals surface area contributed by atoms with Gasteiger partial charge in [-0.15, -0.1) is 11.3 Å². The Labute approximate surface area is 190 Å². The lowest BCUT2D eigenvalue weighted by Gasteiger charge is -2.60. The second kappa shape index (κ2) is 7.54. The Morgan fingerprint density at radius 2 is 2.00 bits per heavy atom. The first-order valence-electron chi connectivity index (χ1n) is 12.2. The van der Waals surface area contributed by atoms with Gasteiger partial charge in [0, 0.05) is 36.2 Å². The van der Waals surface area contributed by atoms with E-state index < -0.39 is 0 Å². The lowest BCUT2D eigenvalue weighted by atomic mass is 9.47. The van der Waals surface area contributed by atoms with Crippen molar-refractivity contribution < 1.29 is 9.59 Å². The second-order valence-corrected chi connectivity index (χ2v) is 11.9. The first kappa shape index (κ1) is 21.4. The Balaban J connectivity index is 1.41. The fourth-order valence-electron chi connectivity index (χ4n) is 8.13. The van der Waals surface area contributed by atoms with E-state index >= 15 is 0 Å². The van der Waals surface area contributed by atoms with Gasteiger partial charge in [0.1, 0.15) is 0 Å². The molecule has 0 N–H and O–H groups in total. The van der Waals surface area contributed by atoms with Gasteiger partial charge < -0.3 is 4.90 Å². The number of thiazole rings is 1. The molecule has 1 aliphatic heterocycles. The smallest absolute Gasteiger partial charge is 0.246 e. The molecule has 0 saturated heterocycles. The zero-order valence-electron chi connectivity index (χ0n) is 19.4. The SMILES string of the molecule is CCCC(=O)c1nc([C@H]2CC[C@H]3[C@@H]4CC[C@H]5N(C)C(=O)C=C[C@]5(C)[C@H]4CC[C@]23C)cs1. The average molecular weight is 441 g/mol. The molecule has 3 fully saturated rings. The van der Waals surface area contributed by atoms with E-state index in [1.165, 1.54) is 37.8 Å². The summed E-state index contributed by atoms with van der Waals surface area (Å²) in [7, 11) is 1.99. The summed E-state index contributed by atoms with van der Waals surface area (Å²) in [4.78, 5) is 31.5. The van der Waals surface area contributed by atoms with Crippen molar-refractivity contribution in [3.05, 3.63) is 28.2 Å². The topological polar surface area (TPSA) is 50.3 Å². The van der Waals surface area contributed by atoms with E-state index in [9.17, 15) is 9.59 Å². The lowest BCUT2D eigenvalue weighted by molar-refractivity contribution is -0.138. The minimum atomic E-state index is 0.103. The molecule has 0 spiro atoms. The predicted molar refractivity (Wildman–Crippen MR) is 124 cm³/mol. The molecule has 4 nitrogen and oxygen atoms in total. The van der Waals surface area contributed by atoms with Gasteiger partial charge in [0.05, 0.1) is 5.69 Å². The molecule has 5 rings (SSSR count). The molecular weight excluding hydrogens is 404 g/mol. The van der Waals surface area contributed by atoms with Gasteiger partial charge in [0.25, 0.3) is 0 Å². The van der Waals surface area contributed by atoms with Crippen molar-refractivity contribution in [3.63, 3.8) is 0 Å². The van der Waals surface area contributed by atoms with Crippen LogP contribution in [0.3, 0.4) is 0 Å². The lowest BCUT2D eigenvalue weighted by Crippen LogP contribution is -2.59. The van der Waals surface area contributed by atoms with Crippen molar-refractivity contribution >= 4 is 23.0 Å². The highest BCUT2D eigenvalue weighted by molar-refractivity contribution is 7.11. The van der Waals surface area contributed by atoms with Crippen LogP contribution >= 0.6 is 11.3 Å². The van der Waals surface area contributed by atoms with Crippen LogP contribution in [0.15, 0.2) is 17.5 Å². The molecule has 1 aromatic heterocycles. The maximum atomic E-state index is 12.4. The quantitative estimate of drug-likeness (QED) is 0.552. The van der Waals surface area contributed by atoms with Gasteiger partial charge in [0.2, 0.25) is 5.91 Å². The summed E-state index contributed by atoms with van der Waals surface area (Å²) in [6.45, 7) is 6.98. The number of carbonyl (C=O) groups is 2. The number of nitrogens with zero attached hydrogens (tertiary/aromatic N) is 2. The highest BCUT2D eigenvalue weighted by Gasteiger charge is 2.60. The van der Waals surface area contributed by atoms with E-state index in [2.05, 4.69) is 32.2 Å². The first-order valence-corrected chi connectivity index (χ1v) is 13.1. The average Bonchev–Trinajstić information content (AvgIpc) is 3.35. The van der Waals surface area contributed by atoms with Crippen LogP contribution in [0.4, 0.5) is 0 Å². The zero-order valence-corrected chi connectivity index (χ0v) is 20.2. The number of hydrogen-bond donors (Lipinski definition) is 0. The van der Waals surface area contributed by atoms with Crippen LogP contribution in [0.1, 0.15) is 93.6 Å². The largest absolute Gasteiger partial charge is 0.338 e. The summed E-state index contributed by atoms with van der Waals surface area (Å²) in [5.74, 6) is 2.97. The number of amides is 1. The number of fused-ring (bicyclic) bond motifs is 5. The number of aromatic nitrogens is 1. The molecule has 0 radical (unpaired) electrons. The van der Waals surface area contributed by atoms with Crippen molar-refractivity contribution in [1.29, 1.82) is 0 Å². The normalized spacial score (nSPS) is 41.6. The predicted octanol–water partition coefficient (Wildman–Crippen LogP) is 5.85. The molecule has 1 aromatic rings. The maximum Gasteiger partial charge on any atom is 0.246 e. The molecular formula is C26H36N2O2S. The summed E-state index contributed by atoms with van der Waals surface area (Å²) in [5, 5.41) is 2.89. The zero-order chi connectivity index (χ0) is 22.0. The fraction of sp³-hybridized carbons (Fsp3) is 0.731. The minimum absolute atomic E-state index is 0.103. The standard InChI is InChI=1S/C26H36N2O2S/c1-5-6-21(29)24-27-20(15-31-24)19-9-8-17-16-7-10-22-26(3,14-12-23(30)28(22)4)18(16)11-13-25(17,19)2/h12,14-19,22H,5-11,13H2,1-4H3/t16-,17-,18-,19+,22+,25-,26+/m0/s1. The molecule has 2 heterocycles. The number of likely N-dealkylation sites (N-methyl/N-ethyl adjacent to an activating group) is 1. The number of ketones is 1. The maximum absolute atomic E-state index is 12.4. The van der Waals surface area contributed by atoms with Crippen LogP contribution in [-0.2, 0) is 4.79 Å². The molecule has 1 amide bonds. The van der Waals surface area contributed by atoms with E-state index in [1.807, 2.05) is 18.0 Å². The van der Waals surface area contributed by atoms with Crippen LogP contribution in [0.5, 0.6) is 0 Å². The van der Waals surface area contributed by atoms with E-state index in [4.69, 9.17) is 4.98 Å². The van der Waals surface area contributed by atoms with E-state index in [0.717, 1.165) is 24.7 Å². The molecule has 168 valence electrons. The van der Waals surface area contributed by atoms with Crippen molar-refractivity contribution in [1.82, 2.24) is 9.88 Å². The Morgan fingerprint density at radius 3 is 2.77 bits per heavy atom. The van der Waals surface area contributed by atoms with Crippen LogP contribution in [0.2, 0.25) is 0 Å². The minimum Gasteiger partial charge on any atom is -0.338 e. The summed E-state index contributed by atoms with van der Waals surface area (Å²) in [6.07, 6.45) is 12.9. The molecule has 0 bridgehead atoms. The Bertz CT molecular complexity index is 922. The summed E-state index contributed by atoms with van der Waals surface area (Å²) in [5.41, 5.74) is 1.56. The summed E-state index contributed by atoms with van der Waals surface area (Å²) < 4.78 is 0. The van der Waals surface area contributed by atoms with Gasteiger partial charge in [-0.1, -0.05) is 26.8 Å². The molecule has 7 atom stereocenters. The van der Waals surface area contributed by atoms with E-state index in [-0.39, 0.29) is 22.5 Å². The summed E-state index contributed by atoms with van der Waals surface area (Å²) in [6, 6.07) is 0.346. The van der Waals surface area contributed by atoms with Crippen LogP contribution in [0, 0.1) is 28.6 Å². The van der Waals surface area contributed by atoms with Gasteiger partial charge >= 0.3 is 0 Å². The van der Waals surface area contributed by atoms with E-state index in [1.54, 1.807) is 11.3 Å². The third-order valence-electron chi connectivity index (χ3n) is 9.72. The van der Waals surface area contributed by atoms with Gasteiger partial charge in [-0.25, -0.2) is 4.98 Å². The highest BCUT2D eigenvalue weighted by Crippen LogP contribution is 2.67. The van der Waals surface area contributed by atoms with Gasteiger partial charge in [-0.05, 0) is 74.2 Å². The third-order valence-corrected chi connectivity index (χ3v) is 10.6. The van der Waals surface area contributed by atoms with Crippen molar-refractivity contribution in [3.8, 4) is 0 Å². The fourth-order valence-corrected chi connectivity index (χ4v) is 8.97. The van der Waals surface area contributed by atoms with Crippen molar-refractivity contribution in [2.75, 3.05) is 7.05 Å². The Kier molecular flexibility index (Phi) is 5.19. The molecule has 4 aliphatic rings. The van der Waals surface area contributed by atoms with E-state index in [0.29, 0.717) is 29.3 Å². The van der Waals surface area contributed by atoms with Crippen LogP contribution < -0.4 is 0 Å². The van der Waals surface area contributed by atoms with Gasteiger partial charge in [0.15, 0.2) is 10.8 Å². The second-order valence-electron chi connectivity index (χ2n) is 11.0. The first-order chi connectivity index (χ1) is 14.8. The molecule has 31 heavy (non-hydrogen) atoms. The highest BCUT2D eigenvalue weighted by atomic mass is 32.1. The number of Topliss-reactive ketones (excluding diaryl/α,β-unsaturated/α-hetero) is 1. The Hall–Kier alpha value is -1.49. The molecule has 5 heteroatoms. The van der Waals surface area contributed by atoms with Crippen LogP contribution in [-0.4, -0.2) is 34.7 Å². The summed E-state index contributed by atoms with van der Waals surface area (Å²) >= 11 is 1.55. The van der Waals surface area contributed by atoms with Crippen molar-refractivity contribution in [2.45, 2.75) is 84.1 Å². The number of hydrogen-bond acceptors (Lipinski definition) is 4. The van der Waals surface area contributed by atoms with Crippen LogP contribution in [0.25, 0.3) is 0 Å². The van der Waals surface area contributed by atoms with Crippen molar-refractivity contribution in [2.24, 2.45) is 28.6 Å². The molecule has 3 saturated carbocycles.